The van der Waals surface area contributed by atoms with Crippen LogP contribution in [-0.2, 0) is 11.3 Å². The molecule has 3 aromatic rings. The van der Waals surface area contributed by atoms with Crippen LogP contribution in [0.4, 0.5) is 5.69 Å². The van der Waals surface area contributed by atoms with E-state index in [-0.39, 0.29) is 11.9 Å². The highest BCUT2D eigenvalue weighted by atomic mass is 16.2. The first-order chi connectivity index (χ1) is 15.8. The summed E-state index contributed by atoms with van der Waals surface area (Å²) in [7, 11) is 1.79. The molecule has 1 aliphatic heterocycles. The molecule has 166 valence electrons. The van der Waals surface area contributed by atoms with Crippen molar-refractivity contribution in [2.75, 3.05) is 18.9 Å². The van der Waals surface area contributed by atoms with E-state index in [0.717, 1.165) is 48.5 Å². The maximum Gasteiger partial charge on any atom is 0.241 e. The first-order valence-electron chi connectivity index (χ1n) is 11.5. The van der Waals surface area contributed by atoms with Crippen LogP contribution in [-0.4, -0.2) is 36.2 Å². The van der Waals surface area contributed by atoms with E-state index in [2.05, 4.69) is 27.3 Å². The Labute approximate surface area is 192 Å². The van der Waals surface area contributed by atoms with Crippen LogP contribution in [0, 0.1) is 0 Å². The molecule has 1 heterocycles. The van der Waals surface area contributed by atoms with Crippen molar-refractivity contribution in [2.24, 2.45) is 4.99 Å². The molecule has 3 aromatic carbocycles. The summed E-state index contributed by atoms with van der Waals surface area (Å²) in [6.45, 7) is 5.74. The van der Waals surface area contributed by atoms with E-state index < -0.39 is 0 Å². The summed E-state index contributed by atoms with van der Waals surface area (Å²) in [5.74, 6) is 0.0550. The van der Waals surface area contributed by atoms with Gasteiger partial charge in [0.15, 0.2) is 0 Å². The average Bonchev–Trinajstić information content (AvgIpc) is 3.31. The van der Waals surface area contributed by atoms with Crippen molar-refractivity contribution in [3.8, 4) is 0 Å². The average molecular weight is 428 g/mol. The number of amides is 1. The highest BCUT2D eigenvalue weighted by Crippen LogP contribution is 2.24. The molecular weight excluding hydrogens is 394 g/mol. The van der Waals surface area contributed by atoms with Gasteiger partial charge in [-0.05, 0) is 31.0 Å². The van der Waals surface area contributed by atoms with E-state index in [4.69, 9.17) is 0 Å². The maximum atomic E-state index is 13.2. The van der Waals surface area contributed by atoms with Crippen molar-refractivity contribution in [3.05, 3.63) is 102 Å². The van der Waals surface area contributed by atoms with Gasteiger partial charge in [-0.3, -0.25) is 14.7 Å². The van der Waals surface area contributed by atoms with Crippen molar-refractivity contribution < 1.29 is 4.79 Å². The lowest BCUT2D eigenvalue weighted by Crippen LogP contribution is -2.39. The molecule has 1 unspecified atom stereocenters. The van der Waals surface area contributed by atoms with Gasteiger partial charge in [-0.1, -0.05) is 92.7 Å². The molecule has 1 fully saturated rings. The molecule has 0 bridgehead atoms. The van der Waals surface area contributed by atoms with Gasteiger partial charge in [0.05, 0.1) is 17.4 Å². The molecular formula is C28H33N3O. The van der Waals surface area contributed by atoms with Gasteiger partial charge in [-0.2, -0.15) is 0 Å². The number of carbonyl (C=O) groups is 1. The van der Waals surface area contributed by atoms with Crippen LogP contribution < -0.4 is 5.32 Å². The molecule has 4 rings (SSSR count). The number of carbonyl (C=O) groups excluding carboxylic acids is 1. The zero-order valence-corrected chi connectivity index (χ0v) is 19.3. The van der Waals surface area contributed by atoms with Crippen molar-refractivity contribution in [3.63, 3.8) is 0 Å². The third-order valence-corrected chi connectivity index (χ3v) is 5.61. The first-order valence-corrected chi connectivity index (χ1v) is 11.5. The number of para-hydroxylation sites is 1. The van der Waals surface area contributed by atoms with E-state index in [9.17, 15) is 4.79 Å². The summed E-state index contributed by atoms with van der Waals surface area (Å²) in [5, 5.41) is 3.19. The predicted molar refractivity (Wildman–Crippen MR) is 134 cm³/mol. The molecule has 0 spiro atoms. The molecule has 0 saturated carbocycles. The SMILES string of the molecule is CC.CN=C(c1ccccc1)c1ccccc1NC(=O)C1CCCN1Cc1ccccc1. The topological polar surface area (TPSA) is 44.7 Å². The fourth-order valence-electron chi connectivity index (χ4n) is 4.15. The summed E-state index contributed by atoms with van der Waals surface area (Å²) < 4.78 is 0. The van der Waals surface area contributed by atoms with Gasteiger partial charge in [-0.15, -0.1) is 0 Å². The van der Waals surface area contributed by atoms with E-state index in [1.807, 2.05) is 86.6 Å². The molecule has 0 radical (unpaired) electrons. The van der Waals surface area contributed by atoms with Gasteiger partial charge >= 0.3 is 0 Å². The summed E-state index contributed by atoms with van der Waals surface area (Å²) in [4.78, 5) is 20.0. The quantitative estimate of drug-likeness (QED) is 0.507. The number of hydrogen-bond donors (Lipinski definition) is 1. The van der Waals surface area contributed by atoms with Crippen LogP contribution in [0.5, 0.6) is 0 Å². The molecule has 1 atom stereocenters. The minimum atomic E-state index is -0.114. The van der Waals surface area contributed by atoms with Gasteiger partial charge in [0.25, 0.3) is 0 Å². The fourth-order valence-corrected chi connectivity index (χ4v) is 4.15. The smallest absolute Gasteiger partial charge is 0.241 e. The third-order valence-electron chi connectivity index (χ3n) is 5.61. The molecule has 0 aromatic heterocycles. The van der Waals surface area contributed by atoms with Crippen LogP contribution in [0.1, 0.15) is 43.4 Å². The number of anilines is 1. The van der Waals surface area contributed by atoms with Gasteiger partial charge in [0.1, 0.15) is 0 Å². The lowest BCUT2D eigenvalue weighted by molar-refractivity contribution is -0.120. The minimum absolute atomic E-state index is 0.0550. The van der Waals surface area contributed by atoms with Crippen molar-refractivity contribution >= 4 is 17.3 Å². The number of likely N-dealkylation sites (tertiary alicyclic amines) is 1. The van der Waals surface area contributed by atoms with E-state index in [0.29, 0.717) is 0 Å². The normalized spacial score (nSPS) is 16.2. The minimum Gasteiger partial charge on any atom is -0.324 e. The van der Waals surface area contributed by atoms with Gasteiger partial charge in [0, 0.05) is 24.7 Å². The van der Waals surface area contributed by atoms with Gasteiger partial charge in [-0.25, -0.2) is 0 Å². The standard InChI is InChI=1S/C26H27N3O.C2H6/c1-27-25(21-13-6-3-7-14-21)22-15-8-9-16-23(22)28-26(30)24-17-10-18-29(24)19-20-11-4-2-5-12-20;1-2/h2-9,11-16,24H,10,17-19H2,1H3,(H,28,30);1-2H3. The zero-order valence-electron chi connectivity index (χ0n) is 19.3. The molecule has 32 heavy (non-hydrogen) atoms. The Balaban J connectivity index is 0.00000141. The largest absolute Gasteiger partial charge is 0.324 e. The maximum absolute atomic E-state index is 13.2. The van der Waals surface area contributed by atoms with E-state index >= 15 is 0 Å². The van der Waals surface area contributed by atoms with Crippen molar-refractivity contribution in [1.29, 1.82) is 0 Å². The monoisotopic (exact) mass is 427 g/mol. The molecule has 4 nitrogen and oxygen atoms in total. The van der Waals surface area contributed by atoms with Crippen LogP contribution >= 0.6 is 0 Å². The fraction of sp³-hybridized carbons (Fsp3) is 0.286. The summed E-state index contributed by atoms with van der Waals surface area (Å²) >= 11 is 0. The van der Waals surface area contributed by atoms with E-state index in [1.54, 1.807) is 7.05 Å². The highest BCUT2D eigenvalue weighted by molar-refractivity contribution is 6.17. The van der Waals surface area contributed by atoms with Crippen LogP contribution in [0.3, 0.4) is 0 Å². The summed E-state index contributed by atoms with van der Waals surface area (Å²) in [5.41, 5.74) is 4.89. The number of aliphatic imine (C=N–C) groups is 1. The van der Waals surface area contributed by atoms with Crippen LogP contribution in [0.25, 0.3) is 0 Å². The second kappa shape index (κ2) is 12.0. The van der Waals surface area contributed by atoms with Crippen LogP contribution in [0.15, 0.2) is 89.9 Å². The Hall–Kier alpha value is -3.24. The van der Waals surface area contributed by atoms with E-state index in [1.165, 1.54) is 5.56 Å². The number of rotatable bonds is 6. The third kappa shape index (κ3) is 5.71. The summed E-state index contributed by atoms with van der Waals surface area (Å²) in [6, 6.07) is 28.2. The highest BCUT2D eigenvalue weighted by Gasteiger charge is 2.31. The number of nitrogens with one attached hydrogen (secondary N) is 1. The predicted octanol–water partition coefficient (Wildman–Crippen LogP) is 5.78. The summed E-state index contributed by atoms with van der Waals surface area (Å²) in [6.07, 6.45) is 1.92. The first kappa shape index (κ1) is 23.4. The Morgan fingerprint density at radius 2 is 1.56 bits per heavy atom. The Bertz CT molecular complexity index is 1020. The molecule has 1 amide bonds. The molecule has 1 saturated heterocycles. The molecule has 4 heteroatoms. The molecule has 1 aliphatic rings. The second-order valence-corrected chi connectivity index (χ2v) is 7.59. The van der Waals surface area contributed by atoms with Gasteiger partial charge < -0.3 is 5.32 Å². The lowest BCUT2D eigenvalue weighted by atomic mass is 10.00. The van der Waals surface area contributed by atoms with Crippen LogP contribution in [0.2, 0.25) is 0 Å². The van der Waals surface area contributed by atoms with Gasteiger partial charge in [0.2, 0.25) is 5.91 Å². The Kier molecular flexibility index (Phi) is 8.76. The number of benzene rings is 3. The molecule has 0 aliphatic carbocycles. The number of nitrogens with zero attached hydrogens (tertiary/aromatic N) is 2. The molecule has 1 N–H and O–H groups in total. The second-order valence-electron chi connectivity index (χ2n) is 7.59. The number of hydrogen-bond acceptors (Lipinski definition) is 3. The Morgan fingerprint density at radius 3 is 2.25 bits per heavy atom. The Morgan fingerprint density at radius 1 is 0.938 bits per heavy atom. The zero-order chi connectivity index (χ0) is 22.8. The van der Waals surface area contributed by atoms with Crippen molar-refractivity contribution in [1.82, 2.24) is 4.90 Å². The lowest BCUT2D eigenvalue weighted by Gasteiger charge is -2.24. The van der Waals surface area contributed by atoms with Crippen molar-refractivity contribution in [2.45, 2.75) is 39.3 Å².